The molecule has 0 fully saturated rings. The zero-order chi connectivity index (χ0) is 25.3. The molecule has 0 radical (unpaired) electrons. The van der Waals surface area contributed by atoms with Gasteiger partial charge in [-0.3, -0.25) is 9.59 Å². The second-order valence-electron chi connectivity index (χ2n) is 6.76. The van der Waals surface area contributed by atoms with Crippen LogP contribution >= 0.6 is 0 Å². The highest BCUT2D eigenvalue weighted by Gasteiger charge is 2.53. The number of ether oxygens (including phenoxy) is 2. The molecule has 0 rings (SSSR count). The fourth-order valence-corrected chi connectivity index (χ4v) is 8.93. The number of hydrogen-bond donors (Lipinski definition) is 0. The monoisotopic (exact) mass is 512 g/mol. The van der Waals surface area contributed by atoms with Gasteiger partial charge in [-0.25, -0.2) is 0 Å². The lowest BCUT2D eigenvalue weighted by atomic mass is 10.4. The maximum atomic E-state index is 12.6. The Balaban J connectivity index is 5.40. The number of hydrogen-bond acceptors (Lipinski definition) is 10. The van der Waals surface area contributed by atoms with Crippen LogP contribution in [0.4, 0.5) is 0 Å². The van der Waals surface area contributed by atoms with Crippen LogP contribution in [0.5, 0.6) is 0 Å². The summed E-state index contributed by atoms with van der Waals surface area (Å²) in [6.07, 6.45) is 0.260. The van der Waals surface area contributed by atoms with Gasteiger partial charge in [0.05, 0.1) is 0 Å². The van der Waals surface area contributed by atoms with Crippen molar-refractivity contribution < 1.29 is 45.6 Å². The SMILES string of the molecule is CCO[Si](OCC)(OCC)C(CC)OC(=O)CC(=O)OC(CC)[Si](OCC)(OCC)OCC. The lowest BCUT2D eigenvalue weighted by molar-refractivity contribution is -0.160. The quantitative estimate of drug-likeness (QED) is 0.137. The summed E-state index contributed by atoms with van der Waals surface area (Å²) in [7, 11) is -6.58. The summed E-state index contributed by atoms with van der Waals surface area (Å²) in [5.74, 6) is -1.48. The average Bonchev–Trinajstić information content (AvgIpc) is 2.76. The molecule has 0 aliphatic rings. The predicted molar refractivity (Wildman–Crippen MR) is 126 cm³/mol. The molecule has 0 aromatic carbocycles. The van der Waals surface area contributed by atoms with E-state index in [1.807, 2.05) is 55.4 Å². The van der Waals surface area contributed by atoms with E-state index in [1.54, 1.807) is 0 Å². The molecular weight excluding hydrogens is 468 g/mol. The highest BCUT2D eigenvalue weighted by Crippen LogP contribution is 2.23. The second-order valence-corrected chi connectivity index (χ2v) is 12.2. The van der Waals surface area contributed by atoms with E-state index in [2.05, 4.69) is 0 Å². The molecule has 2 unspecified atom stereocenters. The van der Waals surface area contributed by atoms with Gasteiger partial charge < -0.3 is 36.0 Å². The maximum Gasteiger partial charge on any atom is 0.544 e. The summed E-state index contributed by atoms with van der Waals surface area (Å²) in [4.78, 5) is 25.3. The highest BCUT2D eigenvalue weighted by atomic mass is 28.4. The van der Waals surface area contributed by atoms with Gasteiger partial charge in [0.2, 0.25) is 0 Å². The van der Waals surface area contributed by atoms with Crippen molar-refractivity contribution in [3.8, 4) is 0 Å². The molecule has 0 aliphatic carbocycles. The normalized spacial score (nSPS) is 14.1. The van der Waals surface area contributed by atoms with E-state index >= 15 is 0 Å². The Hall–Kier alpha value is -0.866. The molecule has 0 bridgehead atoms. The van der Waals surface area contributed by atoms with Crippen LogP contribution < -0.4 is 0 Å². The molecule has 0 N–H and O–H groups in total. The molecule has 0 heterocycles. The molecule has 0 amide bonds. The minimum absolute atomic E-state index is 0.347. The summed E-state index contributed by atoms with van der Waals surface area (Å²) < 4.78 is 46.2. The Morgan fingerprint density at radius 1 is 0.515 bits per heavy atom. The van der Waals surface area contributed by atoms with Crippen LogP contribution in [0.25, 0.3) is 0 Å². The summed E-state index contributed by atoms with van der Waals surface area (Å²) in [6.45, 7) is 16.7. The van der Waals surface area contributed by atoms with Crippen molar-refractivity contribution in [1.29, 1.82) is 0 Å². The third-order valence-electron chi connectivity index (χ3n) is 4.44. The van der Waals surface area contributed by atoms with Gasteiger partial charge in [0.1, 0.15) is 6.42 Å². The van der Waals surface area contributed by atoms with E-state index < -0.39 is 47.4 Å². The average molecular weight is 513 g/mol. The van der Waals surface area contributed by atoms with E-state index in [4.69, 9.17) is 36.0 Å². The van der Waals surface area contributed by atoms with E-state index in [-0.39, 0.29) is 0 Å². The Bertz CT molecular complexity index is 469. The third kappa shape index (κ3) is 10.1. The van der Waals surface area contributed by atoms with Gasteiger partial charge >= 0.3 is 29.5 Å². The van der Waals surface area contributed by atoms with Crippen LogP contribution in [0, 0.1) is 0 Å². The van der Waals surface area contributed by atoms with Gasteiger partial charge in [-0.05, 0) is 54.4 Å². The van der Waals surface area contributed by atoms with Gasteiger partial charge in [0, 0.05) is 39.6 Å². The third-order valence-corrected chi connectivity index (χ3v) is 11.2. The van der Waals surface area contributed by atoms with Crippen molar-refractivity contribution in [2.45, 2.75) is 86.1 Å². The predicted octanol–water partition coefficient (Wildman–Crippen LogP) is 3.20. The van der Waals surface area contributed by atoms with Crippen molar-refractivity contribution in [2.75, 3.05) is 39.6 Å². The molecule has 0 saturated carbocycles. The fourth-order valence-electron chi connectivity index (χ4n) is 3.34. The summed E-state index contributed by atoms with van der Waals surface area (Å²) in [5, 5.41) is 0. The van der Waals surface area contributed by atoms with E-state index in [9.17, 15) is 9.59 Å². The number of carbonyl (C=O) groups excluding carboxylic acids is 2. The summed E-state index contributed by atoms with van der Waals surface area (Å²) in [5.41, 5.74) is -1.47. The van der Waals surface area contributed by atoms with Crippen LogP contribution in [-0.2, 0) is 45.6 Å². The van der Waals surface area contributed by atoms with Crippen molar-refractivity contribution in [3.05, 3.63) is 0 Å². The molecule has 2 atom stereocenters. The molecule has 10 nitrogen and oxygen atoms in total. The van der Waals surface area contributed by atoms with E-state index in [0.717, 1.165) is 0 Å². The molecule has 0 aromatic rings. The maximum absolute atomic E-state index is 12.6. The van der Waals surface area contributed by atoms with Crippen LogP contribution in [0.2, 0.25) is 0 Å². The summed E-state index contributed by atoms with van der Waals surface area (Å²) in [6, 6.07) is 0. The first-order chi connectivity index (χ1) is 15.8. The van der Waals surface area contributed by atoms with Crippen LogP contribution in [0.3, 0.4) is 0 Å². The van der Waals surface area contributed by atoms with E-state index in [1.165, 1.54) is 0 Å². The molecular formula is C21H44O10Si2. The molecule has 196 valence electrons. The molecule has 0 spiro atoms. The van der Waals surface area contributed by atoms with Gasteiger partial charge in [-0.15, -0.1) is 0 Å². The largest absolute Gasteiger partial charge is 0.544 e. The van der Waals surface area contributed by atoms with Gasteiger partial charge in [-0.2, -0.15) is 0 Å². The highest BCUT2D eigenvalue weighted by molar-refractivity contribution is 6.62. The molecule has 0 aliphatic heterocycles. The Labute approximate surface area is 201 Å². The minimum Gasteiger partial charge on any atom is -0.457 e. The fraction of sp³-hybridized carbons (Fsp3) is 0.905. The van der Waals surface area contributed by atoms with Crippen molar-refractivity contribution in [1.82, 2.24) is 0 Å². The zero-order valence-electron chi connectivity index (χ0n) is 21.6. The van der Waals surface area contributed by atoms with Gasteiger partial charge in [0.25, 0.3) is 0 Å². The first kappa shape index (κ1) is 32.1. The molecule has 12 heteroatoms. The zero-order valence-corrected chi connectivity index (χ0v) is 23.6. The van der Waals surface area contributed by atoms with Crippen LogP contribution in [-0.4, -0.2) is 80.6 Å². The Morgan fingerprint density at radius 2 is 0.758 bits per heavy atom. The number of carbonyl (C=O) groups is 2. The minimum atomic E-state index is -3.29. The van der Waals surface area contributed by atoms with Crippen molar-refractivity contribution in [3.63, 3.8) is 0 Å². The number of esters is 2. The molecule has 0 aromatic heterocycles. The lowest BCUT2D eigenvalue weighted by Gasteiger charge is -2.34. The van der Waals surface area contributed by atoms with E-state index in [0.29, 0.717) is 52.5 Å². The number of rotatable bonds is 20. The molecule has 33 heavy (non-hydrogen) atoms. The Kier molecular flexibility index (Phi) is 17.1. The van der Waals surface area contributed by atoms with Crippen LogP contribution in [0.1, 0.15) is 74.7 Å². The summed E-state index contributed by atoms with van der Waals surface area (Å²) >= 11 is 0. The van der Waals surface area contributed by atoms with Gasteiger partial charge in [-0.1, -0.05) is 13.8 Å². The van der Waals surface area contributed by atoms with Crippen molar-refractivity contribution in [2.24, 2.45) is 0 Å². The standard InChI is InChI=1S/C21H44O10Si2/c1-9-20(32(24-11-3,25-12-4)26-13-5)30-18(22)17-19(23)31-21(10-2)33(27-14-6,28-15-7)29-16-8/h20-21H,9-17H2,1-8H3. The lowest BCUT2D eigenvalue weighted by Crippen LogP contribution is -2.58. The van der Waals surface area contributed by atoms with Crippen molar-refractivity contribution >= 4 is 29.5 Å². The first-order valence-corrected chi connectivity index (χ1v) is 15.6. The second kappa shape index (κ2) is 17.6. The first-order valence-electron chi connectivity index (χ1n) is 12.0. The molecule has 0 saturated heterocycles. The smallest absolute Gasteiger partial charge is 0.457 e. The topological polar surface area (TPSA) is 108 Å². The van der Waals surface area contributed by atoms with Crippen LogP contribution in [0.15, 0.2) is 0 Å². The van der Waals surface area contributed by atoms with Gasteiger partial charge in [0.15, 0.2) is 11.5 Å². The Morgan fingerprint density at radius 3 is 0.939 bits per heavy atom.